The van der Waals surface area contributed by atoms with Crippen LogP contribution < -0.4 is 5.32 Å². The quantitative estimate of drug-likeness (QED) is 0.0417. The predicted octanol–water partition coefficient (Wildman–Crippen LogP) is 18.7. The maximum atomic E-state index is 12.5. The summed E-state index contributed by atoms with van der Waals surface area (Å²) in [5.74, 6) is -0.0757. The van der Waals surface area contributed by atoms with Gasteiger partial charge in [0, 0.05) is 12.8 Å². The number of aliphatic hydroxyl groups excluding tert-OH is 2. The molecule has 0 aliphatic rings. The van der Waals surface area contributed by atoms with Crippen molar-refractivity contribution in [2.24, 2.45) is 0 Å². The van der Waals surface area contributed by atoms with Crippen molar-refractivity contribution in [3.63, 3.8) is 0 Å². The van der Waals surface area contributed by atoms with E-state index in [0.29, 0.717) is 25.9 Å². The van der Waals surface area contributed by atoms with E-state index in [-0.39, 0.29) is 18.5 Å². The summed E-state index contributed by atoms with van der Waals surface area (Å²) in [6.45, 7) is 4.93. The van der Waals surface area contributed by atoms with Crippen molar-refractivity contribution < 1.29 is 24.5 Å². The first-order chi connectivity index (χ1) is 32.5. The maximum absolute atomic E-state index is 12.5. The highest BCUT2D eigenvalue weighted by Crippen LogP contribution is 2.18. The molecule has 0 aliphatic carbocycles. The monoisotopic (exact) mass is 934 g/mol. The van der Waals surface area contributed by atoms with Crippen LogP contribution in [0.4, 0.5) is 0 Å². The van der Waals surface area contributed by atoms with Crippen molar-refractivity contribution in [1.82, 2.24) is 5.32 Å². The Morgan fingerprint density at radius 3 is 0.924 bits per heavy atom. The van der Waals surface area contributed by atoms with Gasteiger partial charge in [0.1, 0.15) is 0 Å². The lowest BCUT2D eigenvalue weighted by Crippen LogP contribution is -2.45. The topological polar surface area (TPSA) is 95.9 Å². The molecule has 394 valence electrons. The average Bonchev–Trinajstić information content (AvgIpc) is 3.32. The third-order valence-electron chi connectivity index (χ3n) is 14.4. The van der Waals surface area contributed by atoms with Crippen LogP contribution in [0.15, 0.2) is 0 Å². The summed E-state index contributed by atoms with van der Waals surface area (Å²) in [5, 5.41) is 23.3. The minimum atomic E-state index is -0.681. The number of unbranched alkanes of at least 4 members (excludes halogenated alkanes) is 46. The summed E-state index contributed by atoms with van der Waals surface area (Å²) in [5.41, 5.74) is 0. The van der Waals surface area contributed by atoms with Gasteiger partial charge in [0.05, 0.1) is 25.4 Å². The van der Waals surface area contributed by atoms with Crippen LogP contribution >= 0.6 is 0 Å². The second-order valence-corrected chi connectivity index (χ2v) is 21.1. The lowest BCUT2D eigenvalue weighted by molar-refractivity contribution is -0.143. The number of aliphatic hydroxyl groups is 2. The fourth-order valence-corrected chi connectivity index (χ4v) is 9.76. The number of carbonyl (C=O) groups excluding carboxylic acids is 2. The van der Waals surface area contributed by atoms with Crippen LogP contribution in [-0.2, 0) is 14.3 Å². The summed E-state index contributed by atoms with van der Waals surface area (Å²) in [4.78, 5) is 24.6. The van der Waals surface area contributed by atoms with E-state index in [1.807, 2.05) is 0 Å². The van der Waals surface area contributed by atoms with Crippen molar-refractivity contribution in [2.45, 2.75) is 360 Å². The van der Waals surface area contributed by atoms with Gasteiger partial charge in [-0.15, -0.1) is 0 Å². The summed E-state index contributed by atoms with van der Waals surface area (Å²) >= 11 is 0. The van der Waals surface area contributed by atoms with Gasteiger partial charge in [-0.2, -0.15) is 0 Å². The van der Waals surface area contributed by atoms with Gasteiger partial charge in [-0.25, -0.2) is 0 Å². The van der Waals surface area contributed by atoms with Crippen molar-refractivity contribution in [2.75, 3.05) is 13.2 Å². The highest BCUT2D eigenvalue weighted by atomic mass is 16.5. The highest BCUT2D eigenvalue weighted by Gasteiger charge is 2.20. The third kappa shape index (κ3) is 52.2. The van der Waals surface area contributed by atoms with E-state index in [1.165, 1.54) is 257 Å². The lowest BCUT2D eigenvalue weighted by Gasteiger charge is -2.22. The zero-order valence-corrected chi connectivity index (χ0v) is 45.0. The van der Waals surface area contributed by atoms with Crippen LogP contribution in [-0.4, -0.2) is 47.4 Å². The van der Waals surface area contributed by atoms with Gasteiger partial charge < -0.3 is 20.3 Å². The minimum Gasteiger partial charge on any atom is -0.466 e. The van der Waals surface area contributed by atoms with E-state index in [1.54, 1.807) is 0 Å². The third-order valence-corrected chi connectivity index (χ3v) is 14.4. The molecule has 0 aromatic heterocycles. The normalized spacial score (nSPS) is 12.5. The Hall–Kier alpha value is -1.14. The molecule has 6 nitrogen and oxygen atoms in total. The Morgan fingerprint density at radius 2 is 0.621 bits per heavy atom. The first-order valence-corrected chi connectivity index (χ1v) is 30.3. The summed E-state index contributed by atoms with van der Waals surface area (Å²) in [6.07, 6.45) is 65.3. The molecule has 0 saturated carbocycles. The fourth-order valence-electron chi connectivity index (χ4n) is 9.76. The first-order valence-electron chi connectivity index (χ1n) is 30.3. The molecule has 0 aliphatic heterocycles. The van der Waals surface area contributed by atoms with Crippen LogP contribution in [0.25, 0.3) is 0 Å². The Bertz CT molecular complexity index is 944. The average molecular weight is 935 g/mol. The van der Waals surface area contributed by atoms with Gasteiger partial charge in [-0.05, 0) is 25.7 Å². The molecule has 0 saturated heterocycles. The second-order valence-electron chi connectivity index (χ2n) is 21.1. The molecule has 2 atom stereocenters. The molecule has 66 heavy (non-hydrogen) atoms. The summed E-state index contributed by atoms with van der Waals surface area (Å²) < 4.78 is 5.48. The Morgan fingerprint density at radius 1 is 0.364 bits per heavy atom. The summed E-state index contributed by atoms with van der Waals surface area (Å²) in [7, 11) is 0. The Kier molecular flexibility index (Phi) is 55.5. The Labute approximate surface area is 413 Å². The van der Waals surface area contributed by atoms with E-state index in [9.17, 15) is 19.8 Å². The maximum Gasteiger partial charge on any atom is 0.305 e. The van der Waals surface area contributed by atoms with Crippen LogP contribution in [0.2, 0.25) is 0 Å². The molecule has 2 unspecified atom stereocenters. The van der Waals surface area contributed by atoms with E-state index < -0.39 is 12.1 Å². The van der Waals surface area contributed by atoms with Gasteiger partial charge in [-0.1, -0.05) is 309 Å². The van der Waals surface area contributed by atoms with Gasteiger partial charge in [0.2, 0.25) is 5.91 Å². The molecule has 0 aromatic carbocycles. The van der Waals surface area contributed by atoms with Crippen LogP contribution in [0, 0.1) is 0 Å². The standard InChI is InChI=1S/C60H119NO5/c1-3-5-7-9-11-13-15-17-19-21-23-24-26-27-29-31-33-36-40-44-48-52-58(63)57(56-62)61-59(64)53-49-45-41-37-35-39-43-47-51-55-66-60(65)54-50-46-42-38-34-32-30-28-25-22-20-18-16-14-12-10-8-6-4-2/h57-58,62-63H,3-56H2,1-2H3,(H,61,64). The number of ether oxygens (including phenoxy) is 1. The lowest BCUT2D eigenvalue weighted by atomic mass is 10.0. The molecule has 0 spiro atoms. The molecular weight excluding hydrogens is 815 g/mol. The highest BCUT2D eigenvalue weighted by molar-refractivity contribution is 5.76. The van der Waals surface area contributed by atoms with E-state index in [0.717, 1.165) is 57.8 Å². The zero-order valence-electron chi connectivity index (χ0n) is 45.0. The van der Waals surface area contributed by atoms with Gasteiger partial charge in [0.25, 0.3) is 0 Å². The molecule has 1 amide bonds. The number of carbonyl (C=O) groups is 2. The number of rotatable bonds is 57. The van der Waals surface area contributed by atoms with Crippen molar-refractivity contribution in [3.8, 4) is 0 Å². The number of esters is 1. The molecule has 0 rings (SSSR count). The SMILES string of the molecule is CCCCCCCCCCCCCCCCCCCCCCCC(O)C(CO)NC(=O)CCCCCCCCCCCOC(=O)CCCCCCCCCCCCCCCCCCCCC. The molecule has 0 aromatic rings. The largest absolute Gasteiger partial charge is 0.466 e. The van der Waals surface area contributed by atoms with Crippen molar-refractivity contribution in [1.29, 1.82) is 0 Å². The van der Waals surface area contributed by atoms with E-state index in [2.05, 4.69) is 19.2 Å². The minimum absolute atomic E-state index is 0.0185. The molecule has 6 heteroatoms. The molecule has 0 radical (unpaired) electrons. The Balaban J connectivity index is 3.44. The number of hydrogen-bond acceptors (Lipinski definition) is 5. The zero-order chi connectivity index (χ0) is 47.9. The van der Waals surface area contributed by atoms with E-state index in [4.69, 9.17) is 4.74 Å². The summed E-state index contributed by atoms with van der Waals surface area (Å²) in [6, 6.07) is -0.561. The number of hydrogen-bond donors (Lipinski definition) is 3. The van der Waals surface area contributed by atoms with Crippen molar-refractivity contribution in [3.05, 3.63) is 0 Å². The van der Waals surface area contributed by atoms with Crippen molar-refractivity contribution >= 4 is 11.9 Å². The smallest absolute Gasteiger partial charge is 0.305 e. The number of amides is 1. The van der Waals surface area contributed by atoms with Crippen LogP contribution in [0.1, 0.15) is 348 Å². The predicted molar refractivity (Wildman–Crippen MR) is 287 cm³/mol. The van der Waals surface area contributed by atoms with Gasteiger partial charge in [0.15, 0.2) is 0 Å². The molecule has 0 heterocycles. The van der Waals surface area contributed by atoms with Crippen LogP contribution in [0.3, 0.4) is 0 Å². The molecular formula is C60H119NO5. The van der Waals surface area contributed by atoms with Gasteiger partial charge in [-0.3, -0.25) is 9.59 Å². The van der Waals surface area contributed by atoms with Gasteiger partial charge >= 0.3 is 5.97 Å². The molecule has 0 fully saturated rings. The van der Waals surface area contributed by atoms with E-state index >= 15 is 0 Å². The molecule has 3 N–H and O–H groups in total. The first kappa shape index (κ1) is 64.9. The number of nitrogens with one attached hydrogen (secondary N) is 1. The molecule has 0 bridgehead atoms. The fraction of sp³-hybridized carbons (Fsp3) is 0.967. The van der Waals surface area contributed by atoms with Crippen LogP contribution in [0.5, 0.6) is 0 Å². The second kappa shape index (κ2) is 56.4.